The van der Waals surface area contributed by atoms with Gasteiger partial charge in [-0.05, 0) is 36.6 Å². The summed E-state index contributed by atoms with van der Waals surface area (Å²) in [4.78, 5) is 0. The van der Waals surface area contributed by atoms with Crippen LogP contribution in [-0.4, -0.2) is 19.8 Å². The Hall–Kier alpha value is -0.380. The van der Waals surface area contributed by atoms with Gasteiger partial charge in [-0.15, -0.1) is 0 Å². The Morgan fingerprint density at radius 2 is 2.07 bits per heavy atom. The highest BCUT2D eigenvalue weighted by Crippen LogP contribution is 2.31. The van der Waals surface area contributed by atoms with Crippen molar-refractivity contribution in [2.75, 3.05) is 19.8 Å². The molecular formula is C12H16BrNO. The van der Waals surface area contributed by atoms with E-state index in [0.29, 0.717) is 11.8 Å². The lowest BCUT2D eigenvalue weighted by Crippen LogP contribution is -2.31. The first kappa shape index (κ1) is 11.1. The number of ether oxygens (including phenoxy) is 1. The van der Waals surface area contributed by atoms with Gasteiger partial charge in [0.1, 0.15) is 0 Å². The van der Waals surface area contributed by atoms with Gasteiger partial charge in [0, 0.05) is 17.0 Å². The number of hydrogen-bond donors (Lipinski definition) is 1. The van der Waals surface area contributed by atoms with Crippen LogP contribution < -0.4 is 5.73 Å². The highest BCUT2D eigenvalue weighted by Gasteiger charge is 2.25. The minimum Gasteiger partial charge on any atom is -0.381 e. The Labute approximate surface area is 98.9 Å². The smallest absolute Gasteiger partial charge is 0.0537 e. The molecule has 0 aromatic heterocycles. The molecule has 1 aromatic carbocycles. The molecule has 3 heteroatoms. The second-order valence-electron chi connectivity index (χ2n) is 4.02. The summed E-state index contributed by atoms with van der Waals surface area (Å²) >= 11 is 3.45. The number of nitrogens with two attached hydrogens (primary N) is 1. The standard InChI is InChI=1S/C12H16BrNO/c13-11-3-1-9(2-4-11)12-8-15-6-5-10(12)7-14/h1-4,10,12H,5-8,14H2. The molecule has 1 aromatic rings. The Morgan fingerprint density at radius 1 is 1.33 bits per heavy atom. The van der Waals surface area contributed by atoms with Crippen molar-refractivity contribution in [1.82, 2.24) is 0 Å². The van der Waals surface area contributed by atoms with Gasteiger partial charge in [0.2, 0.25) is 0 Å². The highest BCUT2D eigenvalue weighted by molar-refractivity contribution is 9.10. The van der Waals surface area contributed by atoms with Crippen molar-refractivity contribution in [3.05, 3.63) is 34.3 Å². The first-order chi connectivity index (χ1) is 7.31. The molecule has 2 atom stereocenters. The van der Waals surface area contributed by atoms with Crippen LogP contribution in [0, 0.1) is 5.92 Å². The van der Waals surface area contributed by atoms with Crippen LogP contribution in [0.1, 0.15) is 17.9 Å². The van der Waals surface area contributed by atoms with Crippen LogP contribution in [0.25, 0.3) is 0 Å². The average molecular weight is 270 g/mol. The molecule has 0 saturated carbocycles. The lowest BCUT2D eigenvalue weighted by atomic mass is 9.83. The van der Waals surface area contributed by atoms with E-state index in [4.69, 9.17) is 10.5 Å². The van der Waals surface area contributed by atoms with Crippen molar-refractivity contribution in [2.24, 2.45) is 11.7 Å². The van der Waals surface area contributed by atoms with Crippen molar-refractivity contribution in [3.63, 3.8) is 0 Å². The minimum atomic E-state index is 0.469. The van der Waals surface area contributed by atoms with Crippen LogP contribution in [0.5, 0.6) is 0 Å². The molecule has 2 N–H and O–H groups in total. The Kier molecular flexibility index (Phi) is 3.78. The summed E-state index contributed by atoms with van der Waals surface area (Å²) < 4.78 is 6.65. The van der Waals surface area contributed by atoms with Crippen molar-refractivity contribution in [3.8, 4) is 0 Å². The van der Waals surface area contributed by atoms with Crippen LogP contribution >= 0.6 is 15.9 Å². The van der Waals surface area contributed by atoms with E-state index in [2.05, 4.69) is 40.2 Å². The maximum absolute atomic E-state index is 5.80. The Morgan fingerprint density at radius 3 is 2.73 bits per heavy atom. The topological polar surface area (TPSA) is 35.2 Å². The first-order valence-electron chi connectivity index (χ1n) is 5.34. The molecule has 1 saturated heterocycles. The average Bonchev–Trinajstić information content (AvgIpc) is 2.30. The monoisotopic (exact) mass is 269 g/mol. The maximum atomic E-state index is 5.80. The molecule has 15 heavy (non-hydrogen) atoms. The van der Waals surface area contributed by atoms with Crippen LogP contribution in [0.15, 0.2) is 28.7 Å². The van der Waals surface area contributed by atoms with Crippen LogP contribution in [-0.2, 0) is 4.74 Å². The fourth-order valence-electron chi connectivity index (χ4n) is 2.14. The SMILES string of the molecule is NCC1CCOCC1c1ccc(Br)cc1. The van der Waals surface area contributed by atoms with E-state index in [-0.39, 0.29) is 0 Å². The third-order valence-electron chi connectivity index (χ3n) is 3.10. The summed E-state index contributed by atoms with van der Waals surface area (Å²) in [7, 11) is 0. The van der Waals surface area contributed by atoms with Crippen molar-refractivity contribution >= 4 is 15.9 Å². The molecule has 1 aliphatic rings. The molecule has 2 rings (SSSR count). The summed E-state index contributed by atoms with van der Waals surface area (Å²) in [5.41, 5.74) is 7.14. The number of benzene rings is 1. The van der Waals surface area contributed by atoms with Gasteiger partial charge < -0.3 is 10.5 Å². The third-order valence-corrected chi connectivity index (χ3v) is 3.63. The normalized spacial score (nSPS) is 26.5. The second-order valence-corrected chi connectivity index (χ2v) is 4.93. The fourth-order valence-corrected chi connectivity index (χ4v) is 2.41. The summed E-state index contributed by atoms with van der Waals surface area (Å²) in [6, 6.07) is 8.48. The number of rotatable bonds is 2. The highest BCUT2D eigenvalue weighted by atomic mass is 79.9. The van der Waals surface area contributed by atoms with E-state index < -0.39 is 0 Å². The zero-order valence-electron chi connectivity index (χ0n) is 8.66. The number of hydrogen-bond acceptors (Lipinski definition) is 2. The summed E-state index contributed by atoms with van der Waals surface area (Å²) in [5, 5.41) is 0. The van der Waals surface area contributed by atoms with Gasteiger partial charge in [-0.3, -0.25) is 0 Å². The van der Waals surface area contributed by atoms with Crippen molar-refractivity contribution in [1.29, 1.82) is 0 Å². The molecule has 0 aliphatic carbocycles. The molecule has 0 amide bonds. The molecule has 2 nitrogen and oxygen atoms in total. The van der Waals surface area contributed by atoms with Gasteiger partial charge in [-0.2, -0.15) is 0 Å². The summed E-state index contributed by atoms with van der Waals surface area (Å²) in [6.07, 6.45) is 1.08. The molecule has 82 valence electrons. The van der Waals surface area contributed by atoms with E-state index in [1.807, 2.05) is 0 Å². The van der Waals surface area contributed by atoms with Crippen molar-refractivity contribution in [2.45, 2.75) is 12.3 Å². The van der Waals surface area contributed by atoms with E-state index in [1.165, 1.54) is 5.56 Å². The van der Waals surface area contributed by atoms with Gasteiger partial charge in [0.25, 0.3) is 0 Å². The van der Waals surface area contributed by atoms with Crippen LogP contribution in [0.3, 0.4) is 0 Å². The van der Waals surface area contributed by atoms with E-state index in [1.54, 1.807) is 0 Å². The molecule has 1 heterocycles. The van der Waals surface area contributed by atoms with Crippen LogP contribution in [0.2, 0.25) is 0 Å². The molecule has 2 unspecified atom stereocenters. The predicted molar refractivity (Wildman–Crippen MR) is 64.9 cm³/mol. The van der Waals surface area contributed by atoms with Gasteiger partial charge in [-0.25, -0.2) is 0 Å². The maximum Gasteiger partial charge on any atom is 0.0537 e. The van der Waals surface area contributed by atoms with E-state index in [0.717, 1.165) is 30.7 Å². The third kappa shape index (κ3) is 2.60. The van der Waals surface area contributed by atoms with Gasteiger partial charge in [0.05, 0.1) is 6.61 Å². The lowest BCUT2D eigenvalue weighted by molar-refractivity contribution is 0.0494. The zero-order chi connectivity index (χ0) is 10.7. The largest absolute Gasteiger partial charge is 0.381 e. The molecule has 0 spiro atoms. The Bertz CT molecular complexity index is 312. The minimum absolute atomic E-state index is 0.469. The molecular weight excluding hydrogens is 254 g/mol. The molecule has 1 fully saturated rings. The molecule has 0 radical (unpaired) electrons. The first-order valence-corrected chi connectivity index (χ1v) is 6.14. The Balaban J connectivity index is 2.16. The van der Waals surface area contributed by atoms with E-state index >= 15 is 0 Å². The van der Waals surface area contributed by atoms with Gasteiger partial charge in [0.15, 0.2) is 0 Å². The van der Waals surface area contributed by atoms with E-state index in [9.17, 15) is 0 Å². The predicted octanol–water partition coefficient (Wildman–Crippen LogP) is 2.53. The summed E-state index contributed by atoms with van der Waals surface area (Å²) in [5.74, 6) is 1.04. The molecule has 1 aliphatic heterocycles. The fraction of sp³-hybridized carbons (Fsp3) is 0.500. The lowest BCUT2D eigenvalue weighted by Gasteiger charge is -2.31. The quantitative estimate of drug-likeness (QED) is 0.896. The van der Waals surface area contributed by atoms with Crippen LogP contribution in [0.4, 0.5) is 0 Å². The molecule has 0 bridgehead atoms. The van der Waals surface area contributed by atoms with Gasteiger partial charge >= 0.3 is 0 Å². The number of halogens is 1. The van der Waals surface area contributed by atoms with Gasteiger partial charge in [-0.1, -0.05) is 28.1 Å². The van der Waals surface area contributed by atoms with Crippen molar-refractivity contribution < 1.29 is 4.74 Å². The zero-order valence-corrected chi connectivity index (χ0v) is 10.2. The second kappa shape index (κ2) is 5.10. The summed E-state index contributed by atoms with van der Waals surface area (Å²) in [6.45, 7) is 2.42.